The SMILES string of the molecule is O=C(NC1CC1)c1ccc(-c2cc3nccc(Oc4ccc(NC(=O)C5(C(=O)Nc6ccc(F)cc6)CC5)cc4F)c3s2)cc1. The van der Waals surface area contributed by atoms with Crippen molar-refractivity contribution in [1.29, 1.82) is 0 Å². The van der Waals surface area contributed by atoms with E-state index in [1.165, 1.54) is 47.7 Å². The molecule has 0 spiro atoms. The largest absolute Gasteiger partial charge is 0.453 e. The minimum Gasteiger partial charge on any atom is -0.453 e. The first-order valence-electron chi connectivity index (χ1n) is 14.4. The highest BCUT2D eigenvalue weighted by molar-refractivity contribution is 7.22. The van der Waals surface area contributed by atoms with Gasteiger partial charge < -0.3 is 20.7 Å². The lowest BCUT2D eigenvalue weighted by Crippen LogP contribution is -2.35. The van der Waals surface area contributed by atoms with Gasteiger partial charge in [0.2, 0.25) is 11.8 Å². The topological polar surface area (TPSA) is 109 Å². The van der Waals surface area contributed by atoms with Gasteiger partial charge in [0.15, 0.2) is 11.6 Å². The highest BCUT2D eigenvalue weighted by Crippen LogP contribution is 2.48. The highest BCUT2D eigenvalue weighted by atomic mass is 32.1. The van der Waals surface area contributed by atoms with Crippen LogP contribution in [0.5, 0.6) is 11.5 Å². The first kappa shape index (κ1) is 28.6. The molecule has 2 saturated carbocycles. The summed E-state index contributed by atoms with van der Waals surface area (Å²) in [6.45, 7) is 0. The molecule has 0 bridgehead atoms. The predicted octanol–water partition coefficient (Wildman–Crippen LogP) is 7.28. The maximum atomic E-state index is 15.2. The number of aromatic nitrogens is 1. The Labute approximate surface area is 260 Å². The van der Waals surface area contributed by atoms with Crippen molar-refractivity contribution in [2.45, 2.75) is 31.7 Å². The third-order valence-corrected chi connectivity index (χ3v) is 9.04. The zero-order valence-corrected chi connectivity index (χ0v) is 24.5. The number of benzene rings is 3. The van der Waals surface area contributed by atoms with Gasteiger partial charge in [0.1, 0.15) is 17.0 Å². The molecule has 2 aliphatic carbocycles. The van der Waals surface area contributed by atoms with E-state index in [0.717, 1.165) is 34.0 Å². The van der Waals surface area contributed by atoms with Gasteiger partial charge in [-0.3, -0.25) is 19.4 Å². The lowest BCUT2D eigenvalue weighted by molar-refractivity contribution is -0.131. The van der Waals surface area contributed by atoms with Crippen molar-refractivity contribution in [3.63, 3.8) is 0 Å². The predicted molar refractivity (Wildman–Crippen MR) is 167 cm³/mol. The summed E-state index contributed by atoms with van der Waals surface area (Å²) in [6.07, 6.45) is 4.31. The summed E-state index contributed by atoms with van der Waals surface area (Å²) in [5, 5.41) is 8.27. The molecule has 0 radical (unpaired) electrons. The second-order valence-electron chi connectivity index (χ2n) is 11.2. The third kappa shape index (κ3) is 5.99. The molecule has 3 N–H and O–H groups in total. The normalized spacial score (nSPS) is 14.9. The van der Waals surface area contributed by atoms with Crippen LogP contribution in [0.25, 0.3) is 20.7 Å². The quantitative estimate of drug-likeness (QED) is 0.149. The summed E-state index contributed by atoms with van der Waals surface area (Å²) in [7, 11) is 0. The van der Waals surface area contributed by atoms with Crippen molar-refractivity contribution in [3.05, 3.63) is 102 Å². The Balaban J connectivity index is 1.03. The van der Waals surface area contributed by atoms with Gasteiger partial charge in [-0.2, -0.15) is 0 Å². The lowest BCUT2D eigenvalue weighted by atomic mass is 10.0. The van der Waals surface area contributed by atoms with Crippen LogP contribution in [-0.4, -0.2) is 28.7 Å². The molecule has 3 amide bonds. The van der Waals surface area contributed by atoms with Crippen LogP contribution < -0.4 is 20.7 Å². The second-order valence-corrected chi connectivity index (χ2v) is 12.3. The van der Waals surface area contributed by atoms with Gasteiger partial charge in [0, 0.05) is 46.2 Å². The molecular weight excluding hydrogens is 598 g/mol. The van der Waals surface area contributed by atoms with Crippen LogP contribution in [0.1, 0.15) is 36.0 Å². The lowest BCUT2D eigenvalue weighted by Gasteiger charge is -2.16. The average molecular weight is 625 g/mol. The molecule has 3 aromatic carbocycles. The number of rotatable bonds is 9. The molecule has 0 aliphatic heterocycles. The first-order valence-corrected chi connectivity index (χ1v) is 15.2. The van der Waals surface area contributed by atoms with E-state index in [2.05, 4.69) is 20.9 Å². The maximum Gasteiger partial charge on any atom is 0.251 e. The number of amides is 3. The molecule has 11 heteroatoms. The number of ether oxygens (including phenoxy) is 1. The summed E-state index contributed by atoms with van der Waals surface area (Å²) < 4.78 is 35.1. The number of anilines is 2. The van der Waals surface area contributed by atoms with E-state index in [0.29, 0.717) is 35.4 Å². The standard InChI is InChI=1S/C34H26F2N4O4S/c35-21-5-7-23(8-6-21)39-32(42)34(14-15-34)33(43)40-24-11-12-27(25(36)17-24)44-28-13-16-37-26-18-29(45-30(26)28)19-1-3-20(4-2-19)31(41)38-22-9-10-22/h1-8,11-13,16-18,22H,9-10,14-15H2,(H,38,41)(H,39,42)(H,40,43). The molecule has 226 valence electrons. The van der Waals surface area contributed by atoms with Crippen LogP contribution in [0.4, 0.5) is 20.2 Å². The minimum atomic E-state index is -1.27. The number of hydrogen-bond acceptors (Lipinski definition) is 6. The van der Waals surface area contributed by atoms with E-state index in [9.17, 15) is 18.8 Å². The third-order valence-electron chi connectivity index (χ3n) is 7.85. The van der Waals surface area contributed by atoms with Crippen molar-refractivity contribution < 1.29 is 27.9 Å². The van der Waals surface area contributed by atoms with Gasteiger partial charge in [-0.25, -0.2) is 8.78 Å². The molecule has 45 heavy (non-hydrogen) atoms. The van der Waals surface area contributed by atoms with Gasteiger partial charge >= 0.3 is 0 Å². The Morgan fingerprint density at radius 3 is 2.18 bits per heavy atom. The van der Waals surface area contributed by atoms with E-state index in [1.807, 2.05) is 18.2 Å². The molecule has 0 unspecified atom stereocenters. The molecule has 2 aromatic heterocycles. The van der Waals surface area contributed by atoms with Gasteiger partial charge in [0.25, 0.3) is 5.91 Å². The number of carbonyl (C=O) groups is 3. The number of carbonyl (C=O) groups excluding carboxylic acids is 3. The highest BCUT2D eigenvalue weighted by Gasteiger charge is 2.56. The van der Waals surface area contributed by atoms with E-state index < -0.39 is 28.9 Å². The first-order chi connectivity index (χ1) is 21.8. The van der Waals surface area contributed by atoms with Crippen molar-refractivity contribution in [2.75, 3.05) is 10.6 Å². The van der Waals surface area contributed by atoms with Crippen molar-refractivity contribution >= 4 is 50.6 Å². The Kier molecular flexibility index (Phi) is 7.25. The maximum absolute atomic E-state index is 15.2. The summed E-state index contributed by atoms with van der Waals surface area (Å²) in [5.74, 6) is -1.89. The Morgan fingerprint density at radius 2 is 1.51 bits per heavy atom. The Morgan fingerprint density at radius 1 is 0.822 bits per heavy atom. The molecule has 5 aromatic rings. The van der Waals surface area contributed by atoms with Crippen LogP contribution in [0.15, 0.2) is 85.1 Å². The molecule has 0 saturated heterocycles. The van der Waals surface area contributed by atoms with E-state index in [4.69, 9.17) is 4.74 Å². The number of hydrogen-bond donors (Lipinski definition) is 3. The van der Waals surface area contributed by atoms with Gasteiger partial charge in [-0.05, 0) is 85.8 Å². The fourth-order valence-corrected chi connectivity index (χ4v) is 5.99. The zero-order chi connectivity index (χ0) is 31.1. The zero-order valence-electron chi connectivity index (χ0n) is 23.7. The van der Waals surface area contributed by atoms with Crippen molar-refractivity contribution in [2.24, 2.45) is 5.41 Å². The monoisotopic (exact) mass is 624 g/mol. The molecule has 2 aliphatic rings. The van der Waals surface area contributed by atoms with E-state index >= 15 is 4.39 Å². The number of nitrogens with zero attached hydrogens (tertiary/aromatic N) is 1. The fraction of sp³-hybridized carbons (Fsp3) is 0.176. The van der Waals surface area contributed by atoms with Gasteiger partial charge in [-0.15, -0.1) is 11.3 Å². The Hall–Kier alpha value is -5.16. The second kappa shape index (κ2) is 11.4. The number of thiophene rings is 1. The van der Waals surface area contributed by atoms with Crippen LogP contribution in [0.3, 0.4) is 0 Å². The minimum absolute atomic E-state index is 0.0448. The molecule has 0 atom stereocenters. The number of pyridine rings is 1. The molecule has 2 fully saturated rings. The molecular formula is C34H26F2N4O4S. The fourth-order valence-electron chi connectivity index (χ4n) is 4.92. The number of nitrogens with one attached hydrogen (secondary N) is 3. The Bertz CT molecular complexity index is 1950. The van der Waals surface area contributed by atoms with Crippen LogP contribution in [-0.2, 0) is 9.59 Å². The van der Waals surface area contributed by atoms with Crippen molar-refractivity contribution in [3.8, 4) is 21.9 Å². The van der Waals surface area contributed by atoms with E-state index in [-0.39, 0.29) is 23.4 Å². The summed E-state index contributed by atoms with van der Waals surface area (Å²) in [4.78, 5) is 43.5. The number of fused-ring (bicyclic) bond motifs is 1. The molecule has 2 heterocycles. The average Bonchev–Trinajstić information content (AvgIpc) is 3.97. The van der Waals surface area contributed by atoms with Crippen LogP contribution >= 0.6 is 11.3 Å². The van der Waals surface area contributed by atoms with E-state index in [1.54, 1.807) is 24.4 Å². The van der Waals surface area contributed by atoms with Crippen LogP contribution in [0, 0.1) is 17.0 Å². The van der Waals surface area contributed by atoms with Crippen molar-refractivity contribution in [1.82, 2.24) is 10.3 Å². The summed E-state index contributed by atoms with van der Waals surface area (Å²) in [6, 6.07) is 20.5. The summed E-state index contributed by atoms with van der Waals surface area (Å²) >= 11 is 1.44. The molecule has 7 rings (SSSR count). The molecule has 8 nitrogen and oxygen atoms in total. The van der Waals surface area contributed by atoms with Gasteiger partial charge in [0.05, 0.1) is 10.2 Å². The summed E-state index contributed by atoms with van der Waals surface area (Å²) in [5.41, 5.74) is 1.48. The van der Waals surface area contributed by atoms with Gasteiger partial charge in [-0.1, -0.05) is 12.1 Å². The number of halogens is 2. The van der Waals surface area contributed by atoms with Crippen LogP contribution in [0.2, 0.25) is 0 Å². The smallest absolute Gasteiger partial charge is 0.251 e.